The Balaban J connectivity index is 0.00000242. The number of hydrogen-bond acceptors (Lipinski definition) is 3. The largest absolute Gasteiger partial charge is 0.484 e. The standard InChI is InChI=1S/C17H26N2O2.ClH/c1-17(2,3)14-4-6-15(7-5-14)21-12-16(20)19-9-8-13(10-18)11-19;/h4-7,13H,8-12,18H2,1-3H3;1H. The summed E-state index contributed by atoms with van der Waals surface area (Å²) in [6.45, 7) is 8.84. The van der Waals surface area contributed by atoms with Crippen molar-refractivity contribution in [3.05, 3.63) is 29.8 Å². The number of halogens is 1. The second-order valence-electron chi connectivity index (χ2n) is 6.79. The van der Waals surface area contributed by atoms with Crippen LogP contribution in [0.3, 0.4) is 0 Å². The van der Waals surface area contributed by atoms with E-state index in [9.17, 15) is 4.79 Å². The van der Waals surface area contributed by atoms with E-state index in [0.717, 1.165) is 25.3 Å². The van der Waals surface area contributed by atoms with Crippen LogP contribution < -0.4 is 10.5 Å². The van der Waals surface area contributed by atoms with Crippen LogP contribution in [0.2, 0.25) is 0 Å². The van der Waals surface area contributed by atoms with E-state index in [2.05, 4.69) is 32.9 Å². The molecular formula is C17H27ClN2O2. The van der Waals surface area contributed by atoms with Crippen LogP contribution in [0.25, 0.3) is 0 Å². The highest BCUT2D eigenvalue weighted by molar-refractivity contribution is 5.85. The first-order chi connectivity index (χ1) is 9.90. The van der Waals surface area contributed by atoms with Gasteiger partial charge in [0.1, 0.15) is 5.75 Å². The van der Waals surface area contributed by atoms with Crippen molar-refractivity contribution >= 4 is 18.3 Å². The Morgan fingerprint density at radius 1 is 1.32 bits per heavy atom. The van der Waals surface area contributed by atoms with E-state index in [-0.39, 0.29) is 30.3 Å². The average Bonchev–Trinajstić information content (AvgIpc) is 2.93. The number of nitrogens with two attached hydrogens (primary N) is 1. The Hall–Kier alpha value is -1.26. The minimum atomic E-state index is 0. The topological polar surface area (TPSA) is 55.6 Å². The van der Waals surface area contributed by atoms with Gasteiger partial charge in [-0.05, 0) is 42.0 Å². The average molecular weight is 327 g/mol. The summed E-state index contributed by atoms with van der Waals surface area (Å²) in [4.78, 5) is 13.9. The van der Waals surface area contributed by atoms with Crippen molar-refractivity contribution < 1.29 is 9.53 Å². The Kier molecular flexibility index (Phi) is 6.69. The van der Waals surface area contributed by atoms with E-state index in [1.807, 2.05) is 17.0 Å². The molecule has 0 spiro atoms. The summed E-state index contributed by atoms with van der Waals surface area (Å²) >= 11 is 0. The molecule has 4 nitrogen and oxygen atoms in total. The van der Waals surface area contributed by atoms with Gasteiger partial charge in [-0.15, -0.1) is 12.4 Å². The van der Waals surface area contributed by atoms with Gasteiger partial charge in [-0.2, -0.15) is 0 Å². The molecule has 1 saturated heterocycles. The van der Waals surface area contributed by atoms with Crippen molar-refractivity contribution in [3.8, 4) is 5.75 Å². The number of hydrogen-bond donors (Lipinski definition) is 1. The van der Waals surface area contributed by atoms with Crippen LogP contribution in [0, 0.1) is 5.92 Å². The molecule has 0 aliphatic carbocycles. The molecule has 0 bridgehead atoms. The molecule has 1 aliphatic rings. The van der Waals surface area contributed by atoms with E-state index in [1.54, 1.807) is 0 Å². The second-order valence-corrected chi connectivity index (χ2v) is 6.79. The van der Waals surface area contributed by atoms with Crippen molar-refractivity contribution in [1.82, 2.24) is 4.90 Å². The van der Waals surface area contributed by atoms with Crippen molar-refractivity contribution in [1.29, 1.82) is 0 Å². The zero-order chi connectivity index (χ0) is 15.5. The number of likely N-dealkylation sites (tertiary alicyclic amines) is 1. The van der Waals surface area contributed by atoms with Gasteiger partial charge in [-0.1, -0.05) is 32.9 Å². The zero-order valence-corrected chi connectivity index (χ0v) is 14.5. The van der Waals surface area contributed by atoms with Crippen LogP contribution in [-0.4, -0.2) is 37.0 Å². The fourth-order valence-corrected chi connectivity index (χ4v) is 2.54. The van der Waals surface area contributed by atoms with E-state index < -0.39 is 0 Å². The van der Waals surface area contributed by atoms with E-state index in [1.165, 1.54) is 5.56 Å². The molecule has 124 valence electrons. The van der Waals surface area contributed by atoms with Crippen LogP contribution in [0.4, 0.5) is 0 Å². The second kappa shape index (κ2) is 7.84. The maximum Gasteiger partial charge on any atom is 0.260 e. The minimum Gasteiger partial charge on any atom is -0.484 e. The smallest absolute Gasteiger partial charge is 0.260 e. The van der Waals surface area contributed by atoms with Gasteiger partial charge >= 0.3 is 0 Å². The Bertz CT molecular complexity index is 482. The lowest BCUT2D eigenvalue weighted by Crippen LogP contribution is -2.33. The lowest BCUT2D eigenvalue weighted by atomic mass is 9.87. The van der Waals surface area contributed by atoms with Crippen LogP contribution >= 0.6 is 12.4 Å². The number of carbonyl (C=O) groups excluding carboxylic acids is 1. The van der Waals surface area contributed by atoms with Crippen molar-refractivity contribution in [2.24, 2.45) is 11.7 Å². The highest BCUT2D eigenvalue weighted by Crippen LogP contribution is 2.24. The number of amides is 1. The minimum absolute atomic E-state index is 0. The first-order valence-corrected chi connectivity index (χ1v) is 7.61. The molecule has 0 saturated carbocycles. The fraction of sp³-hybridized carbons (Fsp3) is 0.588. The summed E-state index contributed by atoms with van der Waals surface area (Å²) < 4.78 is 5.59. The third-order valence-electron chi connectivity index (χ3n) is 4.05. The summed E-state index contributed by atoms with van der Waals surface area (Å²) in [7, 11) is 0. The molecule has 0 radical (unpaired) electrons. The summed E-state index contributed by atoms with van der Waals surface area (Å²) in [5.41, 5.74) is 7.02. The molecule has 0 aromatic heterocycles. The lowest BCUT2D eigenvalue weighted by Gasteiger charge is -2.19. The van der Waals surface area contributed by atoms with Crippen LogP contribution in [0.5, 0.6) is 5.75 Å². The number of rotatable bonds is 4. The Morgan fingerprint density at radius 2 is 1.95 bits per heavy atom. The van der Waals surface area contributed by atoms with Gasteiger partial charge < -0.3 is 15.4 Å². The Morgan fingerprint density at radius 3 is 2.45 bits per heavy atom. The Labute approximate surface area is 139 Å². The van der Waals surface area contributed by atoms with Gasteiger partial charge in [0, 0.05) is 13.1 Å². The van der Waals surface area contributed by atoms with Crippen LogP contribution in [-0.2, 0) is 10.2 Å². The number of carbonyl (C=O) groups is 1. The summed E-state index contributed by atoms with van der Waals surface area (Å²) in [6, 6.07) is 7.97. The van der Waals surface area contributed by atoms with Crippen molar-refractivity contribution in [2.75, 3.05) is 26.2 Å². The monoisotopic (exact) mass is 326 g/mol. The first-order valence-electron chi connectivity index (χ1n) is 7.61. The first kappa shape index (κ1) is 18.8. The summed E-state index contributed by atoms with van der Waals surface area (Å²) in [5.74, 6) is 1.23. The third-order valence-corrected chi connectivity index (χ3v) is 4.05. The molecule has 1 fully saturated rings. The molecule has 2 N–H and O–H groups in total. The van der Waals surface area contributed by atoms with Gasteiger partial charge in [-0.25, -0.2) is 0 Å². The zero-order valence-electron chi connectivity index (χ0n) is 13.7. The number of ether oxygens (including phenoxy) is 1. The molecule has 1 aromatic carbocycles. The normalized spacial score (nSPS) is 18.0. The maximum absolute atomic E-state index is 12.1. The predicted octanol–water partition coefficient (Wildman–Crippen LogP) is 2.59. The highest BCUT2D eigenvalue weighted by Gasteiger charge is 2.25. The highest BCUT2D eigenvalue weighted by atomic mass is 35.5. The number of nitrogens with zero attached hydrogens (tertiary/aromatic N) is 1. The van der Waals surface area contributed by atoms with E-state index >= 15 is 0 Å². The summed E-state index contributed by atoms with van der Waals surface area (Å²) in [6.07, 6.45) is 1.00. The molecule has 22 heavy (non-hydrogen) atoms. The van der Waals surface area contributed by atoms with Crippen LogP contribution in [0.1, 0.15) is 32.8 Å². The fourth-order valence-electron chi connectivity index (χ4n) is 2.54. The van der Waals surface area contributed by atoms with E-state index in [0.29, 0.717) is 12.5 Å². The van der Waals surface area contributed by atoms with E-state index in [4.69, 9.17) is 10.5 Å². The van der Waals surface area contributed by atoms with Gasteiger partial charge in [0.15, 0.2) is 6.61 Å². The van der Waals surface area contributed by atoms with Gasteiger partial charge in [-0.3, -0.25) is 4.79 Å². The molecule has 1 aromatic rings. The molecule has 1 amide bonds. The van der Waals surface area contributed by atoms with Gasteiger partial charge in [0.2, 0.25) is 0 Å². The van der Waals surface area contributed by atoms with Crippen molar-refractivity contribution in [3.63, 3.8) is 0 Å². The number of benzene rings is 1. The van der Waals surface area contributed by atoms with Crippen molar-refractivity contribution in [2.45, 2.75) is 32.6 Å². The predicted molar refractivity (Wildman–Crippen MR) is 91.6 cm³/mol. The third kappa shape index (κ3) is 4.89. The molecular weight excluding hydrogens is 300 g/mol. The molecule has 5 heteroatoms. The van der Waals surface area contributed by atoms with Gasteiger partial charge in [0.05, 0.1) is 0 Å². The molecule has 1 aliphatic heterocycles. The summed E-state index contributed by atoms with van der Waals surface area (Å²) in [5, 5.41) is 0. The molecule has 1 unspecified atom stereocenters. The lowest BCUT2D eigenvalue weighted by molar-refractivity contribution is -0.132. The molecule has 1 atom stereocenters. The SMILES string of the molecule is CC(C)(C)c1ccc(OCC(=O)N2CCC(CN)C2)cc1.Cl. The molecule has 1 heterocycles. The molecule has 2 rings (SSSR count). The van der Waals surface area contributed by atoms with Gasteiger partial charge in [0.25, 0.3) is 5.91 Å². The van der Waals surface area contributed by atoms with Crippen LogP contribution in [0.15, 0.2) is 24.3 Å². The maximum atomic E-state index is 12.1. The quantitative estimate of drug-likeness (QED) is 0.925.